The number of hydrogen-bond donors (Lipinski definition) is 0. The molecule has 1 aromatic heterocycles. The predicted octanol–water partition coefficient (Wildman–Crippen LogP) is 2.37. The van der Waals surface area contributed by atoms with Gasteiger partial charge in [-0.3, -0.25) is 9.69 Å². The van der Waals surface area contributed by atoms with Crippen molar-refractivity contribution >= 4 is 11.6 Å². The highest BCUT2D eigenvalue weighted by Crippen LogP contribution is 2.35. The number of carbonyl (C=O) groups excluding carboxylic acids is 1. The predicted molar refractivity (Wildman–Crippen MR) is 79.8 cm³/mol. The molecule has 0 radical (unpaired) electrons. The van der Waals surface area contributed by atoms with E-state index in [9.17, 15) is 4.79 Å². The van der Waals surface area contributed by atoms with E-state index >= 15 is 0 Å². The van der Waals surface area contributed by atoms with Crippen molar-refractivity contribution in [2.75, 3.05) is 24.5 Å². The third-order valence-electron chi connectivity index (χ3n) is 4.54. The van der Waals surface area contributed by atoms with Crippen molar-refractivity contribution in [1.29, 1.82) is 0 Å². The number of para-hydroxylation sites is 1. The molecule has 3 heterocycles. The number of amides is 1. The minimum atomic E-state index is 0.139. The summed E-state index contributed by atoms with van der Waals surface area (Å²) < 4.78 is 5.40. The molecular weight excluding hydrogens is 264 g/mol. The van der Waals surface area contributed by atoms with Gasteiger partial charge >= 0.3 is 0 Å². The summed E-state index contributed by atoms with van der Waals surface area (Å²) in [7, 11) is 0. The Kier molecular flexibility index (Phi) is 3.04. The van der Waals surface area contributed by atoms with Gasteiger partial charge in [-0.1, -0.05) is 18.2 Å². The molecule has 21 heavy (non-hydrogen) atoms. The number of carbonyl (C=O) groups is 1. The largest absolute Gasteiger partial charge is 0.468 e. The molecule has 1 amide bonds. The molecule has 1 aromatic carbocycles. The van der Waals surface area contributed by atoms with E-state index in [4.69, 9.17) is 4.42 Å². The highest BCUT2D eigenvalue weighted by Gasteiger charge is 2.46. The fourth-order valence-corrected chi connectivity index (χ4v) is 3.54. The average Bonchev–Trinajstić information content (AvgIpc) is 3.20. The lowest BCUT2D eigenvalue weighted by molar-refractivity contribution is -0.120. The van der Waals surface area contributed by atoms with Gasteiger partial charge in [0.1, 0.15) is 5.76 Å². The fraction of sp³-hybridized carbons (Fsp3) is 0.353. The number of rotatable bonds is 3. The van der Waals surface area contributed by atoms with Crippen LogP contribution in [-0.2, 0) is 11.3 Å². The summed E-state index contributed by atoms with van der Waals surface area (Å²) >= 11 is 0. The van der Waals surface area contributed by atoms with Gasteiger partial charge in [0.25, 0.3) is 0 Å². The van der Waals surface area contributed by atoms with Crippen LogP contribution in [-0.4, -0.2) is 30.4 Å². The number of benzene rings is 1. The Bertz CT molecular complexity index is 624. The Morgan fingerprint density at radius 1 is 1.05 bits per heavy atom. The first kappa shape index (κ1) is 12.7. The van der Waals surface area contributed by atoms with Gasteiger partial charge in [-0.05, 0) is 24.3 Å². The van der Waals surface area contributed by atoms with Crippen LogP contribution in [0.4, 0.5) is 5.69 Å². The number of nitrogens with zero attached hydrogens (tertiary/aromatic N) is 2. The van der Waals surface area contributed by atoms with Crippen LogP contribution in [0, 0.1) is 11.8 Å². The van der Waals surface area contributed by atoms with Gasteiger partial charge in [0.2, 0.25) is 5.91 Å². The summed E-state index contributed by atoms with van der Waals surface area (Å²) in [4.78, 5) is 16.9. The summed E-state index contributed by atoms with van der Waals surface area (Å²) in [6.45, 7) is 3.45. The van der Waals surface area contributed by atoms with Crippen LogP contribution in [0.5, 0.6) is 0 Å². The molecule has 0 bridgehead atoms. The summed E-state index contributed by atoms with van der Waals surface area (Å²) in [5, 5.41) is 0. The number of fused-ring (bicyclic) bond motifs is 1. The summed E-state index contributed by atoms with van der Waals surface area (Å²) in [5.41, 5.74) is 1.02. The fourth-order valence-electron chi connectivity index (χ4n) is 3.54. The highest BCUT2D eigenvalue weighted by molar-refractivity contribution is 5.98. The van der Waals surface area contributed by atoms with Crippen molar-refractivity contribution < 1.29 is 9.21 Å². The summed E-state index contributed by atoms with van der Waals surface area (Å²) in [6.07, 6.45) is 1.70. The van der Waals surface area contributed by atoms with E-state index in [0.717, 1.165) is 37.6 Å². The smallest absolute Gasteiger partial charge is 0.231 e. The van der Waals surface area contributed by atoms with Crippen molar-refractivity contribution in [3.63, 3.8) is 0 Å². The maximum absolute atomic E-state index is 12.6. The van der Waals surface area contributed by atoms with E-state index in [0.29, 0.717) is 5.92 Å². The molecule has 2 aliphatic heterocycles. The number of hydrogen-bond acceptors (Lipinski definition) is 3. The van der Waals surface area contributed by atoms with Crippen LogP contribution < -0.4 is 4.90 Å². The molecule has 2 saturated heterocycles. The molecule has 4 rings (SSSR count). The number of anilines is 1. The Balaban J connectivity index is 1.45. The lowest BCUT2D eigenvalue weighted by Gasteiger charge is -2.21. The Morgan fingerprint density at radius 2 is 1.90 bits per heavy atom. The minimum absolute atomic E-state index is 0.139. The molecular formula is C17H18N2O2. The normalized spacial score (nSPS) is 25.5. The molecule has 0 spiro atoms. The summed E-state index contributed by atoms with van der Waals surface area (Å²) in [6, 6.07) is 13.9. The van der Waals surface area contributed by atoms with Gasteiger partial charge in [-0.25, -0.2) is 0 Å². The lowest BCUT2D eigenvalue weighted by atomic mass is 10.0. The van der Waals surface area contributed by atoms with Crippen LogP contribution in [0.15, 0.2) is 53.1 Å². The second kappa shape index (κ2) is 5.04. The maximum Gasteiger partial charge on any atom is 0.231 e. The van der Waals surface area contributed by atoms with Crippen molar-refractivity contribution in [3.8, 4) is 0 Å². The third-order valence-corrected chi connectivity index (χ3v) is 4.54. The highest BCUT2D eigenvalue weighted by atomic mass is 16.3. The van der Waals surface area contributed by atoms with Crippen LogP contribution in [0.3, 0.4) is 0 Å². The van der Waals surface area contributed by atoms with Crippen LogP contribution >= 0.6 is 0 Å². The Hall–Kier alpha value is -2.07. The first-order valence-corrected chi connectivity index (χ1v) is 7.42. The molecule has 2 fully saturated rings. The van der Waals surface area contributed by atoms with Crippen molar-refractivity contribution in [3.05, 3.63) is 54.5 Å². The zero-order valence-electron chi connectivity index (χ0n) is 11.8. The Labute approximate surface area is 124 Å². The molecule has 0 aliphatic carbocycles. The molecule has 2 unspecified atom stereocenters. The lowest BCUT2D eigenvalue weighted by Crippen LogP contribution is -2.32. The number of likely N-dealkylation sites (tertiary alicyclic amines) is 1. The van der Waals surface area contributed by atoms with E-state index in [2.05, 4.69) is 4.90 Å². The van der Waals surface area contributed by atoms with Gasteiger partial charge in [0.15, 0.2) is 0 Å². The third kappa shape index (κ3) is 2.25. The molecule has 0 saturated carbocycles. The van der Waals surface area contributed by atoms with Gasteiger partial charge in [-0.2, -0.15) is 0 Å². The van der Waals surface area contributed by atoms with E-state index in [1.54, 1.807) is 6.26 Å². The van der Waals surface area contributed by atoms with Crippen LogP contribution in [0.25, 0.3) is 0 Å². The molecule has 2 aromatic rings. The monoisotopic (exact) mass is 282 g/mol. The first-order chi connectivity index (χ1) is 10.3. The first-order valence-electron chi connectivity index (χ1n) is 7.42. The van der Waals surface area contributed by atoms with E-state index in [1.165, 1.54) is 0 Å². The van der Waals surface area contributed by atoms with E-state index in [-0.39, 0.29) is 11.8 Å². The molecule has 0 N–H and O–H groups in total. The second-order valence-electron chi connectivity index (χ2n) is 5.92. The maximum atomic E-state index is 12.6. The Morgan fingerprint density at radius 3 is 2.62 bits per heavy atom. The quantitative estimate of drug-likeness (QED) is 0.867. The van der Waals surface area contributed by atoms with E-state index in [1.807, 2.05) is 47.4 Å². The van der Waals surface area contributed by atoms with Gasteiger partial charge in [0, 0.05) is 31.2 Å². The number of furan rings is 1. The van der Waals surface area contributed by atoms with E-state index < -0.39 is 0 Å². The molecule has 4 nitrogen and oxygen atoms in total. The van der Waals surface area contributed by atoms with Crippen molar-refractivity contribution in [2.24, 2.45) is 11.8 Å². The van der Waals surface area contributed by atoms with Crippen molar-refractivity contribution in [2.45, 2.75) is 6.54 Å². The second-order valence-corrected chi connectivity index (χ2v) is 5.92. The zero-order valence-corrected chi connectivity index (χ0v) is 11.8. The van der Waals surface area contributed by atoms with Gasteiger partial charge in [0.05, 0.1) is 18.7 Å². The molecule has 108 valence electrons. The minimum Gasteiger partial charge on any atom is -0.468 e. The topological polar surface area (TPSA) is 36.7 Å². The van der Waals surface area contributed by atoms with Crippen molar-refractivity contribution in [1.82, 2.24) is 4.90 Å². The molecule has 2 aliphatic rings. The molecule has 4 heteroatoms. The zero-order chi connectivity index (χ0) is 14.2. The summed E-state index contributed by atoms with van der Waals surface area (Å²) in [5.74, 6) is 1.82. The standard InChI is InChI=1S/C17H18N2O2/c20-17-16-12-18(11-15-7-4-8-21-15)9-13(16)10-19(17)14-5-2-1-3-6-14/h1-8,13,16H,9-12H2. The van der Waals surface area contributed by atoms with Gasteiger partial charge < -0.3 is 9.32 Å². The molecule has 2 atom stereocenters. The SMILES string of the molecule is O=C1C2CN(Cc3ccco3)CC2CN1c1ccccc1. The average molecular weight is 282 g/mol. The van der Waals surface area contributed by atoms with Crippen LogP contribution in [0.1, 0.15) is 5.76 Å². The van der Waals surface area contributed by atoms with Crippen LogP contribution in [0.2, 0.25) is 0 Å². The van der Waals surface area contributed by atoms with Gasteiger partial charge in [-0.15, -0.1) is 0 Å².